The summed E-state index contributed by atoms with van der Waals surface area (Å²) in [5.41, 5.74) is 10.5. The van der Waals surface area contributed by atoms with Gasteiger partial charge in [0.05, 0.1) is 5.71 Å². The number of urea groups is 1. The molecule has 0 radical (unpaired) electrons. The average Bonchev–Trinajstić information content (AvgIpc) is 2.54. The number of fused-ring (bicyclic) bond motifs is 1. The van der Waals surface area contributed by atoms with E-state index < -0.39 is 6.03 Å². The SMILES string of the molecule is CC1CC(=NNC(N)=O)c2ccccc21. The molecule has 0 spiro atoms. The predicted octanol–water partition coefficient (Wildman–Crippen LogP) is 1.57. The molecule has 4 nitrogen and oxygen atoms in total. The molecule has 3 N–H and O–H groups in total. The lowest BCUT2D eigenvalue weighted by Gasteiger charge is -2.00. The van der Waals surface area contributed by atoms with Crippen LogP contribution >= 0.6 is 0 Å². The highest BCUT2D eigenvalue weighted by Gasteiger charge is 2.23. The number of rotatable bonds is 1. The second-order valence-electron chi connectivity index (χ2n) is 3.73. The first-order valence-corrected chi connectivity index (χ1v) is 4.90. The van der Waals surface area contributed by atoms with Gasteiger partial charge in [-0.15, -0.1) is 0 Å². The highest BCUT2D eigenvalue weighted by Crippen LogP contribution is 2.32. The van der Waals surface area contributed by atoms with Crippen LogP contribution < -0.4 is 11.2 Å². The average molecular weight is 203 g/mol. The molecule has 0 bridgehead atoms. The maximum Gasteiger partial charge on any atom is 0.332 e. The van der Waals surface area contributed by atoms with Gasteiger partial charge in [-0.1, -0.05) is 31.2 Å². The summed E-state index contributed by atoms with van der Waals surface area (Å²) in [5.74, 6) is 0.453. The number of hydrogen-bond acceptors (Lipinski definition) is 2. The number of nitrogens with zero attached hydrogens (tertiary/aromatic N) is 1. The van der Waals surface area contributed by atoms with Crippen LogP contribution in [0.5, 0.6) is 0 Å². The third-order valence-corrected chi connectivity index (χ3v) is 2.60. The van der Waals surface area contributed by atoms with Gasteiger partial charge in [-0.2, -0.15) is 5.10 Å². The first-order valence-electron chi connectivity index (χ1n) is 4.90. The highest BCUT2D eigenvalue weighted by atomic mass is 16.2. The fourth-order valence-corrected chi connectivity index (χ4v) is 1.93. The first kappa shape index (κ1) is 9.71. The van der Waals surface area contributed by atoms with Gasteiger partial charge in [-0.25, -0.2) is 10.2 Å². The van der Waals surface area contributed by atoms with Gasteiger partial charge in [-0.05, 0) is 17.9 Å². The van der Waals surface area contributed by atoms with E-state index in [0.29, 0.717) is 5.92 Å². The normalized spacial score (nSPS) is 21.4. The summed E-state index contributed by atoms with van der Waals surface area (Å²) in [5, 5.41) is 4.01. The van der Waals surface area contributed by atoms with Crippen molar-refractivity contribution in [1.82, 2.24) is 5.43 Å². The van der Waals surface area contributed by atoms with Gasteiger partial charge in [0, 0.05) is 5.56 Å². The molecule has 1 unspecified atom stereocenters. The lowest BCUT2D eigenvalue weighted by Crippen LogP contribution is -2.25. The summed E-state index contributed by atoms with van der Waals surface area (Å²) in [6.07, 6.45) is 0.847. The van der Waals surface area contributed by atoms with Crippen molar-refractivity contribution in [2.24, 2.45) is 10.8 Å². The van der Waals surface area contributed by atoms with Crippen LogP contribution in [-0.4, -0.2) is 11.7 Å². The molecule has 1 aromatic carbocycles. The van der Waals surface area contributed by atoms with Gasteiger partial charge in [0.15, 0.2) is 0 Å². The Labute approximate surface area is 88.2 Å². The molecule has 2 rings (SSSR count). The number of amides is 2. The van der Waals surface area contributed by atoms with Gasteiger partial charge in [0.1, 0.15) is 0 Å². The molecule has 0 saturated heterocycles. The van der Waals surface area contributed by atoms with Gasteiger partial charge >= 0.3 is 6.03 Å². The van der Waals surface area contributed by atoms with E-state index in [1.807, 2.05) is 18.2 Å². The van der Waals surface area contributed by atoms with Crippen molar-refractivity contribution in [3.05, 3.63) is 35.4 Å². The summed E-state index contributed by atoms with van der Waals surface area (Å²) in [7, 11) is 0. The summed E-state index contributed by atoms with van der Waals surface area (Å²) in [6, 6.07) is 7.46. The molecular formula is C11H13N3O. The lowest BCUT2D eigenvalue weighted by atomic mass is 10.0. The molecule has 4 heteroatoms. The van der Waals surface area contributed by atoms with Gasteiger partial charge in [0.2, 0.25) is 0 Å². The van der Waals surface area contributed by atoms with E-state index in [0.717, 1.165) is 17.7 Å². The molecule has 1 atom stereocenters. The van der Waals surface area contributed by atoms with Crippen LogP contribution in [0.1, 0.15) is 30.4 Å². The third kappa shape index (κ3) is 1.83. The van der Waals surface area contributed by atoms with Crippen molar-refractivity contribution >= 4 is 11.7 Å². The third-order valence-electron chi connectivity index (χ3n) is 2.60. The van der Waals surface area contributed by atoms with E-state index >= 15 is 0 Å². The lowest BCUT2D eigenvalue weighted by molar-refractivity contribution is 0.249. The number of nitrogens with two attached hydrogens (primary N) is 1. The van der Waals surface area contributed by atoms with E-state index in [4.69, 9.17) is 5.73 Å². The van der Waals surface area contributed by atoms with E-state index in [1.165, 1.54) is 5.56 Å². The second-order valence-corrected chi connectivity index (χ2v) is 3.73. The molecule has 1 aliphatic rings. The van der Waals surface area contributed by atoms with Crippen LogP contribution in [0.25, 0.3) is 0 Å². The zero-order chi connectivity index (χ0) is 10.8. The molecule has 0 aromatic heterocycles. The first-order chi connectivity index (χ1) is 7.18. The van der Waals surface area contributed by atoms with Crippen molar-refractivity contribution in [2.75, 3.05) is 0 Å². The monoisotopic (exact) mass is 203 g/mol. The molecule has 1 aromatic rings. The predicted molar refractivity (Wildman–Crippen MR) is 58.7 cm³/mol. The minimum Gasteiger partial charge on any atom is -0.350 e. The molecular weight excluding hydrogens is 190 g/mol. The van der Waals surface area contributed by atoms with Gasteiger partial charge in [0.25, 0.3) is 0 Å². The maximum absolute atomic E-state index is 10.6. The Morgan fingerprint density at radius 3 is 3.00 bits per heavy atom. The van der Waals surface area contributed by atoms with Crippen LogP contribution in [0.15, 0.2) is 29.4 Å². The quantitative estimate of drug-likeness (QED) is 0.668. The Hall–Kier alpha value is -1.84. The molecule has 78 valence electrons. The minimum atomic E-state index is -0.625. The number of nitrogens with one attached hydrogen (secondary N) is 1. The number of primary amides is 1. The Balaban J connectivity index is 2.32. The van der Waals surface area contributed by atoms with E-state index in [9.17, 15) is 4.79 Å². The van der Waals surface area contributed by atoms with Crippen LogP contribution in [0.4, 0.5) is 4.79 Å². The summed E-state index contributed by atoms with van der Waals surface area (Å²) in [6.45, 7) is 2.14. The Kier molecular flexibility index (Phi) is 2.41. The molecule has 1 aliphatic carbocycles. The number of hydrogen-bond donors (Lipinski definition) is 2. The summed E-state index contributed by atoms with van der Waals surface area (Å²) >= 11 is 0. The van der Waals surface area contributed by atoms with Crippen LogP contribution in [0.3, 0.4) is 0 Å². The molecule has 2 amide bonds. The summed E-state index contributed by atoms with van der Waals surface area (Å²) < 4.78 is 0. The zero-order valence-electron chi connectivity index (χ0n) is 8.53. The van der Waals surface area contributed by atoms with Crippen LogP contribution in [0, 0.1) is 0 Å². The molecule has 0 saturated carbocycles. The van der Waals surface area contributed by atoms with Crippen molar-refractivity contribution in [3.8, 4) is 0 Å². The second kappa shape index (κ2) is 3.73. The van der Waals surface area contributed by atoms with Gasteiger partial charge in [-0.3, -0.25) is 0 Å². The van der Waals surface area contributed by atoms with Crippen molar-refractivity contribution in [3.63, 3.8) is 0 Å². The molecule has 0 heterocycles. The number of carbonyl (C=O) groups excluding carboxylic acids is 1. The highest BCUT2D eigenvalue weighted by molar-refractivity contribution is 6.05. The number of carbonyl (C=O) groups is 1. The largest absolute Gasteiger partial charge is 0.350 e. The molecule has 15 heavy (non-hydrogen) atoms. The molecule has 0 aliphatic heterocycles. The van der Waals surface area contributed by atoms with Crippen molar-refractivity contribution in [1.29, 1.82) is 0 Å². The maximum atomic E-state index is 10.6. The van der Waals surface area contributed by atoms with Crippen molar-refractivity contribution in [2.45, 2.75) is 19.3 Å². The zero-order valence-corrected chi connectivity index (χ0v) is 8.53. The smallest absolute Gasteiger partial charge is 0.332 e. The topological polar surface area (TPSA) is 67.5 Å². The standard InChI is InChI=1S/C11H13N3O/c1-7-6-10(13-14-11(12)15)9-5-3-2-4-8(7)9/h2-5,7H,6H2,1H3,(H3,12,14,15). The Morgan fingerprint density at radius 1 is 1.53 bits per heavy atom. The van der Waals surface area contributed by atoms with E-state index in [2.05, 4.69) is 23.5 Å². The fraction of sp³-hybridized carbons (Fsp3) is 0.273. The minimum absolute atomic E-state index is 0.453. The fourth-order valence-electron chi connectivity index (χ4n) is 1.93. The molecule has 0 fully saturated rings. The van der Waals surface area contributed by atoms with Crippen LogP contribution in [0.2, 0.25) is 0 Å². The Bertz CT molecular complexity index is 426. The number of benzene rings is 1. The van der Waals surface area contributed by atoms with Crippen molar-refractivity contribution < 1.29 is 4.79 Å². The van der Waals surface area contributed by atoms with Gasteiger partial charge < -0.3 is 5.73 Å². The summed E-state index contributed by atoms with van der Waals surface area (Å²) in [4.78, 5) is 10.6. The Morgan fingerprint density at radius 2 is 2.27 bits per heavy atom. The van der Waals surface area contributed by atoms with Crippen LogP contribution in [-0.2, 0) is 0 Å². The van der Waals surface area contributed by atoms with E-state index in [1.54, 1.807) is 0 Å². The number of hydrazone groups is 1. The van der Waals surface area contributed by atoms with E-state index in [-0.39, 0.29) is 0 Å².